The van der Waals surface area contributed by atoms with E-state index < -0.39 is 33.6 Å². The second-order valence-electron chi connectivity index (χ2n) is 8.19. The van der Waals surface area contributed by atoms with Gasteiger partial charge in [0, 0.05) is 29.7 Å². The predicted octanol–water partition coefficient (Wildman–Crippen LogP) is 6.63. The third-order valence-electron chi connectivity index (χ3n) is 5.52. The molecule has 2 aromatic carbocycles. The fourth-order valence-corrected chi connectivity index (χ4v) is 6.87. The molecule has 3 aromatic rings. The fourth-order valence-electron chi connectivity index (χ4n) is 3.81. The highest BCUT2D eigenvalue weighted by Gasteiger charge is 2.36. The molecular weight excluding hydrogens is 560 g/mol. The van der Waals surface area contributed by atoms with Crippen molar-refractivity contribution >= 4 is 50.2 Å². The maximum Gasteiger partial charge on any atom is 0.419 e. The Kier molecular flexibility index (Phi) is 7.68. The Hall–Kier alpha value is -2.18. The number of hydrogen-bond donors (Lipinski definition) is 1. The molecule has 0 amide bonds. The van der Waals surface area contributed by atoms with Crippen molar-refractivity contribution in [3.63, 3.8) is 0 Å². The number of likely N-dealkylation sites (tertiary alicyclic amines) is 1. The minimum atomic E-state index is -4.66. The van der Waals surface area contributed by atoms with Gasteiger partial charge in [0.05, 0.1) is 28.3 Å². The van der Waals surface area contributed by atoms with Crippen LogP contribution in [0.5, 0.6) is 11.5 Å². The Bertz CT molecular complexity index is 1380. The summed E-state index contributed by atoms with van der Waals surface area (Å²) in [7, 11) is -0.884. The van der Waals surface area contributed by atoms with E-state index >= 15 is 0 Å². The van der Waals surface area contributed by atoms with Crippen LogP contribution in [0.25, 0.3) is 10.4 Å². The van der Waals surface area contributed by atoms with Gasteiger partial charge in [-0.1, -0.05) is 23.2 Å². The van der Waals surface area contributed by atoms with E-state index in [-0.39, 0.29) is 14.9 Å². The maximum absolute atomic E-state index is 13.6. The zero-order chi connectivity index (χ0) is 26.3. The zero-order valence-electron chi connectivity index (χ0n) is 19.0. The van der Waals surface area contributed by atoms with Crippen molar-refractivity contribution < 1.29 is 31.1 Å². The number of nitrogens with zero attached hydrogens (tertiary/aromatic N) is 1. The van der Waals surface area contributed by atoms with Crippen LogP contribution in [0, 0.1) is 0 Å². The highest BCUT2D eigenvalue weighted by molar-refractivity contribution is 7.94. The Morgan fingerprint density at radius 1 is 1.11 bits per heavy atom. The van der Waals surface area contributed by atoms with E-state index in [1.54, 1.807) is 18.2 Å². The van der Waals surface area contributed by atoms with Crippen molar-refractivity contribution in [1.29, 1.82) is 0 Å². The first-order valence-electron chi connectivity index (χ1n) is 10.6. The second kappa shape index (κ2) is 10.3. The lowest BCUT2D eigenvalue weighted by Crippen LogP contribution is -2.23. The number of rotatable bonds is 7. The normalized spacial score (nSPS) is 16.8. The summed E-state index contributed by atoms with van der Waals surface area (Å²) in [6.45, 7) is 1.16. The molecular formula is C23H21Cl2F3N2O4S2. The van der Waals surface area contributed by atoms with Gasteiger partial charge in [0.25, 0.3) is 10.0 Å². The summed E-state index contributed by atoms with van der Waals surface area (Å²) in [6.07, 6.45) is -4.54. The second-order valence-corrected chi connectivity index (χ2v) is 12.0. The van der Waals surface area contributed by atoms with E-state index in [0.717, 1.165) is 29.5 Å². The van der Waals surface area contributed by atoms with E-state index in [1.165, 1.54) is 13.2 Å². The molecule has 0 radical (unpaired) electrons. The molecule has 1 atom stereocenters. The first kappa shape index (κ1) is 26.9. The average molecular weight is 581 g/mol. The molecule has 36 heavy (non-hydrogen) atoms. The standard InChI is InChI=1S/C23H21Cl2F3N2O4S2/c1-30-8-7-15(12-30)34-20-10-14(4-5-17(20)23(26,27)28)29-36(31,32)21-11-18(25)22(35-21)16-9-13(24)3-6-19(16)33-2/h3-6,9-11,15,29H,7-8,12H2,1-2H3/t15-/m1/s1. The Labute approximate surface area is 220 Å². The molecule has 2 heterocycles. The first-order valence-corrected chi connectivity index (χ1v) is 13.7. The van der Waals surface area contributed by atoms with Gasteiger partial charge in [-0.2, -0.15) is 13.2 Å². The monoisotopic (exact) mass is 580 g/mol. The van der Waals surface area contributed by atoms with Crippen LogP contribution >= 0.6 is 34.5 Å². The van der Waals surface area contributed by atoms with Gasteiger partial charge in [0.1, 0.15) is 21.8 Å². The van der Waals surface area contributed by atoms with E-state index in [2.05, 4.69) is 4.72 Å². The molecule has 0 unspecified atom stereocenters. The molecule has 4 rings (SSSR count). The third-order valence-corrected chi connectivity index (χ3v) is 9.18. The van der Waals surface area contributed by atoms with Crippen LogP contribution in [0.2, 0.25) is 10.0 Å². The first-order chi connectivity index (χ1) is 16.9. The van der Waals surface area contributed by atoms with Crippen LogP contribution in [-0.2, 0) is 16.2 Å². The smallest absolute Gasteiger partial charge is 0.419 e. The molecule has 0 spiro atoms. The van der Waals surface area contributed by atoms with Crippen LogP contribution in [0.3, 0.4) is 0 Å². The molecule has 194 valence electrons. The molecule has 0 aliphatic carbocycles. The number of anilines is 1. The van der Waals surface area contributed by atoms with Crippen molar-refractivity contribution in [3.05, 3.63) is 58.1 Å². The molecule has 1 fully saturated rings. The van der Waals surface area contributed by atoms with Gasteiger partial charge in [-0.05, 0) is 49.9 Å². The highest BCUT2D eigenvalue weighted by Crippen LogP contribution is 2.44. The van der Waals surface area contributed by atoms with E-state index in [0.29, 0.717) is 40.7 Å². The van der Waals surface area contributed by atoms with Crippen molar-refractivity contribution in [3.8, 4) is 21.9 Å². The summed E-state index contributed by atoms with van der Waals surface area (Å²) in [6, 6.07) is 9.01. The molecule has 1 aliphatic heterocycles. The molecule has 1 aromatic heterocycles. The lowest BCUT2D eigenvalue weighted by Gasteiger charge is -2.19. The minimum absolute atomic E-state index is 0.0734. The lowest BCUT2D eigenvalue weighted by atomic mass is 10.1. The van der Waals surface area contributed by atoms with Crippen molar-refractivity contribution in [2.24, 2.45) is 0 Å². The number of likely N-dealkylation sites (N-methyl/N-ethyl adjacent to an activating group) is 1. The summed E-state index contributed by atoms with van der Waals surface area (Å²) in [5.74, 6) is 0.0127. The number of benzene rings is 2. The van der Waals surface area contributed by atoms with Crippen LogP contribution in [0.15, 0.2) is 46.7 Å². The number of halogens is 5. The van der Waals surface area contributed by atoms with Gasteiger partial charge in [0.2, 0.25) is 0 Å². The van der Waals surface area contributed by atoms with Crippen LogP contribution in [0.4, 0.5) is 18.9 Å². The van der Waals surface area contributed by atoms with Crippen LogP contribution in [-0.4, -0.2) is 46.7 Å². The lowest BCUT2D eigenvalue weighted by molar-refractivity contribution is -0.139. The summed E-state index contributed by atoms with van der Waals surface area (Å²) in [5.41, 5.74) is -0.543. The van der Waals surface area contributed by atoms with E-state index in [9.17, 15) is 21.6 Å². The number of hydrogen-bond acceptors (Lipinski definition) is 6. The van der Waals surface area contributed by atoms with Gasteiger partial charge in [-0.3, -0.25) is 4.72 Å². The summed E-state index contributed by atoms with van der Waals surface area (Å²) in [5, 5.41) is 0.561. The van der Waals surface area contributed by atoms with Gasteiger partial charge in [0.15, 0.2) is 0 Å². The average Bonchev–Trinajstić information content (AvgIpc) is 3.38. The van der Waals surface area contributed by atoms with Crippen LogP contribution in [0.1, 0.15) is 12.0 Å². The van der Waals surface area contributed by atoms with Crippen molar-refractivity contribution in [2.45, 2.75) is 22.9 Å². The topological polar surface area (TPSA) is 67.9 Å². The number of alkyl halides is 3. The van der Waals surface area contributed by atoms with Gasteiger partial charge in [-0.15, -0.1) is 11.3 Å². The minimum Gasteiger partial charge on any atom is -0.496 e. The Morgan fingerprint density at radius 2 is 1.86 bits per heavy atom. The van der Waals surface area contributed by atoms with Gasteiger partial charge in [-0.25, -0.2) is 8.42 Å². The number of ether oxygens (including phenoxy) is 2. The number of thiophene rings is 1. The molecule has 13 heteroatoms. The predicted molar refractivity (Wildman–Crippen MR) is 135 cm³/mol. The van der Waals surface area contributed by atoms with Crippen molar-refractivity contribution in [2.75, 3.05) is 32.0 Å². The van der Waals surface area contributed by atoms with E-state index in [1.807, 2.05) is 11.9 Å². The fraction of sp³-hybridized carbons (Fsp3) is 0.304. The molecule has 1 N–H and O–H groups in total. The summed E-state index contributed by atoms with van der Waals surface area (Å²) < 4.78 is 80.1. The quantitative estimate of drug-likeness (QED) is 0.339. The molecule has 6 nitrogen and oxygen atoms in total. The summed E-state index contributed by atoms with van der Waals surface area (Å²) >= 11 is 13.3. The number of sulfonamides is 1. The van der Waals surface area contributed by atoms with E-state index in [4.69, 9.17) is 32.7 Å². The Morgan fingerprint density at radius 3 is 2.50 bits per heavy atom. The maximum atomic E-state index is 13.6. The third kappa shape index (κ3) is 5.86. The zero-order valence-corrected chi connectivity index (χ0v) is 22.2. The van der Waals surface area contributed by atoms with Gasteiger partial charge >= 0.3 is 6.18 Å². The SMILES string of the molecule is COc1ccc(Cl)cc1-c1sc(S(=O)(=O)Nc2ccc(C(F)(F)F)c(O[C@@H]3CCN(C)C3)c2)cc1Cl. The van der Waals surface area contributed by atoms with Crippen LogP contribution < -0.4 is 14.2 Å². The number of methoxy groups -OCH3 is 1. The highest BCUT2D eigenvalue weighted by atomic mass is 35.5. The van der Waals surface area contributed by atoms with Crippen molar-refractivity contribution in [1.82, 2.24) is 4.90 Å². The summed E-state index contributed by atoms with van der Waals surface area (Å²) in [4.78, 5) is 2.36. The molecule has 1 aliphatic rings. The Balaban J connectivity index is 1.65. The molecule has 1 saturated heterocycles. The largest absolute Gasteiger partial charge is 0.496 e. The molecule has 0 saturated carbocycles. The number of nitrogens with one attached hydrogen (secondary N) is 1. The molecule has 0 bridgehead atoms. The van der Waals surface area contributed by atoms with Gasteiger partial charge < -0.3 is 14.4 Å².